The number of carbonyl (C=O) groups excluding carboxylic acids is 1. The summed E-state index contributed by atoms with van der Waals surface area (Å²) < 4.78 is 6.74. The summed E-state index contributed by atoms with van der Waals surface area (Å²) in [5.74, 6) is 0.133. The minimum absolute atomic E-state index is 0.212. The second kappa shape index (κ2) is 5.62. The van der Waals surface area contributed by atoms with Gasteiger partial charge in [0.1, 0.15) is 6.61 Å². The summed E-state index contributed by atoms with van der Waals surface area (Å²) in [6, 6.07) is 0. The van der Waals surface area contributed by atoms with Gasteiger partial charge in [-0.15, -0.1) is 0 Å². The first-order valence-electron chi connectivity index (χ1n) is 4.59. The van der Waals surface area contributed by atoms with Gasteiger partial charge >= 0.3 is 5.97 Å². The lowest BCUT2D eigenvalue weighted by Crippen LogP contribution is -2.11. The molecule has 0 aliphatic rings. The SMILES string of the molecule is CCOC(=O)CCn1c(CO)n[nH]c1=S. The zero-order chi connectivity index (χ0) is 11.3. The van der Waals surface area contributed by atoms with E-state index >= 15 is 0 Å². The Hall–Kier alpha value is -1.21. The Morgan fingerprint density at radius 2 is 2.47 bits per heavy atom. The van der Waals surface area contributed by atoms with Crippen LogP contribution in [0.25, 0.3) is 0 Å². The van der Waals surface area contributed by atoms with Gasteiger partial charge in [0, 0.05) is 6.54 Å². The molecule has 84 valence electrons. The molecule has 0 saturated carbocycles. The molecule has 15 heavy (non-hydrogen) atoms. The molecule has 1 rings (SSSR count). The Morgan fingerprint density at radius 3 is 3.07 bits per heavy atom. The number of esters is 1. The average Bonchev–Trinajstić information content (AvgIpc) is 2.57. The van der Waals surface area contributed by atoms with Crippen LogP contribution in [0.1, 0.15) is 19.2 Å². The highest BCUT2D eigenvalue weighted by molar-refractivity contribution is 7.71. The van der Waals surface area contributed by atoms with Gasteiger partial charge in [-0.05, 0) is 19.1 Å². The molecule has 0 fully saturated rings. The van der Waals surface area contributed by atoms with E-state index in [9.17, 15) is 4.79 Å². The molecule has 0 atom stereocenters. The van der Waals surface area contributed by atoms with Gasteiger partial charge in [0.05, 0.1) is 13.0 Å². The fraction of sp³-hybridized carbons (Fsp3) is 0.625. The quantitative estimate of drug-likeness (QED) is 0.566. The normalized spacial score (nSPS) is 10.3. The van der Waals surface area contributed by atoms with Crippen molar-refractivity contribution in [1.82, 2.24) is 14.8 Å². The molecule has 0 radical (unpaired) electrons. The van der Waals surface area contributed by atoms with Crippen LogP contribution >= 0.6 is 12.2 Å². The van der Waals surface area contributed by atoms with Gasteiger partial charge in [-0.1, -0.05) is 0 Å². The van der Waals surface area contributed by atoms with Crippen LogP contribution in [0.15, 0.2) is 0 Å². The number of nitrogens with zero attached hydrogens (tertiary/aromatic N) is 2. The van der Waals surface area contributed by atoms with Crippen LogP contribution in [0, 0.1) is 4.77 Å². The topological polar surface area (TPSA) is 80.1 Å². The molecule has 2 N–H and O–H groups in total. The van der Waals surface area contributed by atoms with Gasteiger partial charge in [0.25, 0.3) is 0 Å². The summed E-state index contributed by atoms with van der Waals surface area (Å²) in [5, 5.41) is 15.3. The second-order valence-electron chi connectivity index (χ2n) is 2.81. The van der Waals surface area contributed by atoms with Crippen LogP contribution in [-0.4, -0.2) is 32.4 Å². The number of aromatic amines is 1. The van der Waals surface area contributed by atoms with Gasteiger partial charge in [0.2, 0.25) is 0 Å². The van der Waals surface area contributed by atoms with E-state index in [1.165, 1.54) is 0 Å². The van der Waals surface area contributed by atoms with Crippen molar-refractivity contribution in [3.8, 4) is 0 Å². The van der Waals surface area contributed by atoms with Gasteiger partial charge in [-0.2, -0.15) is 5.10 Å². The van der Waals surface area contributed by atoms with Gasteiger partial charge in [-0.25, -0.2) is 0 Å². The highest BCUT2D eigenvalue weighted by Crippen LogP contribution is 2.00. The Labute approximate surface area is 91.9 Å². The van der Waals surface area contributed by atoms with Crippen molar-refractivity contribution >= 4 is 18.2 Å². The van der Waals surface area contributed by atoms with E-state index in [-0.39, 0.29) is 19.0 Å². The number of carbonyl (C=O) groups is 1. The van der Waals surface area contributed by atoms with E-state index in [4.69, 9.17) is 22.1 Å². The molecular weight excluding hydrogens is 218 g/mol. The molecule has 0 amide bonds. The second-order valence-corrected chi connectivity index (χ2v) is 3.20. The Bertz CT molecular complexity index is 385. The van der Waals surface area contributed by atoms with Gasteiger partial charge in [0.15, 0.2) is 10.6 Å². The predicted octanol–water partition coefficient (Wildman–Crippen LogP) is 0.386. The molecule has 0 saturated heterocycles. The van der Waals surface area contributed by atoms with E-state index in [0.29, 0.717) is 23.7 Å². The van der Waals surface area contributed by atoms with Crippen molar-refractivity contribution in [2.24, 2.45) is 0 Å². The van der Waals surface area contributed by atoms with E-state index in [2.05, 4.69) is 10.2 Å². The summed E-state index contributed by atoms with van der Waals surface area (Å²) >= 11 is 4.94. The monoisotopic (exact) mass is 231 g/mol. The molecule has 0 aliphatic carbocycles. The molecule has 0 bridgehead atoms. The van der Waals surface area contributed by atoms with E-state index in [1.54, 1.807) is 11.5 Å². The molecule has 6 nitrogen and oxygen atoms in total. The van der Waals surface area contributed by atoms with Crippen LogP contribution in [0.5, 0.6) is 0 Å². The van der Waals surface area contributed by atoms with Crippen LogP contribution in [0.4, 0.5) is 0 Å². The fourth-order valence-electron chi connectivity index (χ4n) is 1.14. The number of aliphatic hydroxyl groups excluding tert-OH is 1. The first-order valence-corrected chi connectivity index (χ1v) is 5.00. The smallest absolute Gasteiger partial charge is 0.307 e. The lowest BCUT2D eigenvalue weighted by atomic mass is 10.4. The van der Waals surface area contributed by atoms with Crippen molar-refractivity contribution in [2.45, 2.75) is 26.5 Å². The van der Waals surface area contributed by atoms with E-state index in [0.717, 1.165) is 0 Å². The first kappa shape index (κ1) is 11.9. The Kier molecular flexibility index (Phi) is 4.44. The Balaban J connectivity index is 2.60. The average molecular weight is 231 g/mol. The van der Waals surface area contributed by atoms with Crippen molar-refractivity contribution < 1.29 is 14.6 Å². The predicted molar refractivity (Wildman–Crippen MR) is 54.6 cm³/mol. The van der Waals surface area contributed by atoms with Crippen molar-refractivity contribution in [3.05, 3.63) is 10.6 Å². The lowest BCUT2D eigenvalue weighted by molar-refractivity contribution is -0.143. The number of hydrogen-bond acceptors (Lipinski definition) is 5. The molecule has 7 heteroatoms. The number of ether oxygens (including phenoxy) is 1. The summed E-state index contributed by atoms with van der Waals surface area (Å²) in [5.41, 5.74) is 0. The lowest BCUT2D eigenvalue weighted by Gasteiger charge is -2.04. The molecule has 0 spiro atoms. The summed E-state index contributed by atoms with van der Waals surface area (Å²) in [6.07, 6.45) is 0.217. The molecule has 0 unspecified atom stereocenters. The highest BCUT2D eigenvalue weighted by Gasteiger charge is 2.07. The summed E-state index contributed by atoms with van der Waals surface area (Å²) in [4.78, 5) is 11.1. The maximum Gasteiger partial charge on any atom is 0.307 e. The maximum atomic E-state index is 11.1. The number of aliphatic hydroxyl groups is 1. The third kappa shape index (κ3) is 3.14. The molecule has 0 aliphatic heterocycles. The summed E-state index contributed by atoms with van der Waals surface area (Å²) in [6.45, 7) is 2.27. The van der Waals surface area contributed by atoms with Crippen molar-refractivity contribution in [3.63, 3.8) is 0 Å². The molecule has 1 aromatic rings. The largest absolute Gasteiger partial charge is 0.466 e. The molecule has 1 heterocycles. The third-order valence-corrected chi connectivity index (χ3v) is 2.14. The zero-order valence-corrected chi connectivity index (χ0v) is 9.21. The Morgan fingerprint density at radius 1 is 1.73 bits per heavy atom. The maximum absolute atomic E-state index is 11.1. The van der Waals surface area contributed by atoms with E-state index < -0.39 is 0 Å². The van der Waals surface area contributed by atoms with Crippen molar-refractivity contribution in [1.29, 1.82) is 0 Å². The number of nitrogens with one attached hydrogen (secondary N) is 1. The number of H-pyrrole nitrogens is 1. The number of hydrogen-bond donors (Lipinski definition) is 2. The molecule has 1 aromatic heterocycles. The highest BCUT2D eigenvalue weighted by atomic mass is 32.1. The molecular formula is C8H13N3O3S. The van der Waals surface area contributed by atoms with Gasteiger partial charge in [-0.3, -0.25) is 9.89 Å². The zero-order valence-electron chi connectivity index (χ0n) is 8.39. The van der Waals surface area contributed by atoms with E-state index in [1.807, 2.05) is 0 Å². The first-order chi connectivity index (χ1) is 7.19. The minimum Gasteiger partial charge on any atom is -0.466 e. The molecule has 0 aromatic carbocycles. The minimum atomic E-state index is -0.288. The third-order valence-electron chi connectivity index (χ3n) is 1.82. The van der Waals surface area contributed by atoms with Crippen molar-refractivity contribution in [2.75, 3.05) is 6.61 Å². The standard InChI is InChI=1S/C8H13N3O3S/c1-2-14-7(13)3-4-11-6(5-12)9-10-8(11)15/h12H,2-5H2,1H3,(H,10,15). The van der Waals surface area contributed by atoms with Crippen LogP contribution < -0.4 is 0 Å². The fourth-order valence-corrected chi connectivity index (χ4v) is 1.38. The van der Waals surface area contributed by atoms with Crippen LogP contribution in [-0.2, 0) is 22.7 Å². The number of rotatable bonds is 5. The van der Waals surface area contributed by atoms with Gasteiger partial charge < -0.3 is 14.4 Å². The van der Waals surface area contributed by atoms with Crippen LogP contribution in [0.2, 0.25) is 0 Å². The van der Waals surface area contributed by atoms with Crippen LogP contribution in [0.3, 0.4) is 0 Å². The number of aromatic nitrogens is 3. The summed E-state index contributed by atoms with van der Waals surface area (Å²) in [7, 11) is 0.